The maximum Gasteiger partial charge on any atom is 0.0389 e. The molecular weight excluding hydrogens is 266 g/mol. The topological polar surface area (TPSA) is 12.4 Å². The fourth-order valence-electron chi connectivity index (χ4n) is 2.45. The van der Waals surface area contributed by atoms with Crippen LogP contribution >= 0.6 is 0 Å². The second-order valence-electron chi connectivity index (χ2n) is 5.82. The lowest BCUT2D eigenvalue weighted by atomic mass is 10.1. The maximum atomic E-state index is 4.43. The molecule has 0 bridgehead atoms. The van der Waals surface area contributed by atoms with Gasteiger partial charge in [0.15, 0.2) is 0 Å². The second kappa shape index (κ2) is 13.1. The number of unbranched alkanes of at least 4 members (excludes halogenated alkanes) is 5. The van der Waals surface area contributed by atoms with Crippen molar-refractivity contribution in [2.75, 3.05) is 6.54 Å². The quantitative estimate of drug-likeness (QED) is 0.263. The van der Waals surface area contributed by atoms with Gasteiger partial charge in [0.2, 0.25) is 0 Å². The zero-order valence-electron chi connectivity index (χ0n) is 14.3. The largest absolute Gasteiger partial charge is 0.293 e. The Morgan fingerprint density at radius 1 is 0.955 bits per heavy atom. The van der Waals surface area contributed by atoms with E-state index in [4.69, 9.17) is 0 Å². The monoisotopic (exact) mass is 297 g/mol. The molecule has 120 valence electrons. The van der Waals surface area contributed by atoms with E-state index < -0.39 is 0 Å². The lowest BCUT2D eigenvalue weighted by molar-refractivity contribution is 0.598. The highest BCUT2D eigenvalue weighted by Gasteiger charge is 1.93. The number of benzene rings is 1. The minimum atomic E-state index is 0.962. The normalized spacial score (nSPS) is 12.5. The molecule has 22 heavy (non-hydrogen) atoms. The Morgan fingerprint density at radius 3 is 2.36 bits per heavy atom. The predicted molar refractivity (Wildman–Crippen MR) is 99.8 cm³/mol. The molecule has 1 heteroatoms. The van der Waals surface area contributed by atoms with Crippen LogP contribution in [0.3, 0.4) is 0 Å². The van der Waals surface area contributed by atoms with E-state index in [1.807, 2.05) is 13.1 Å². The van der Waals surface area contributed by atoms with Crippen molar-refractivity contribution < 1.29 is 0 Å². The second-order valence-corrected chi connectivity index (χ2v) is 5.82. The summed E-state index contributed by atoms with van der Waals surface area (Å²) >= 11 is 0. The van der Waals surface area contributed by atoms with E-state index in [2.05, 4.69) is 60.5 Å². The van der Waals surface area contributed by atoms with E-state index in [0.717, 1.165) is 6.54 Å². The molecule has 1 nitrogen and oxygen atoms in total. The van der Waals surface area contributed by atoms with Crippen molar-refractivity contribution in [2.24, 2.45) is 4.99 Å². The zero-order chi connectivity index (χ0) is 15.9. The third-order valence-corrected chi connectivity index (χ3v) is 3.72. The van der Waals surface area contributed by atoms with Gasteiger partial charge < -0.3 is 0 Å². The van der Waals surface area contributed by atoms with E-state index in [0.29, 0.717) is 0 Å². The van der Waals surface area contributed by atoms with Crippen LogP contribution in [0.4, 0.5) is 0 Å². The summed E-state index contributed by atoms with van der Waals surface area (Å²) in [4.78, 5) is 4.43. The summed E-state index contributed by atoms with van der Waals surface area (Å²) in [7, 11) is 0. The predicted octanol–water partition coefficient (Wildman–Crippen LogP) is 6.16. The smallest absolute Gasteiger partial charge is 0.0389 e. The standard InChI is InChI=1S/C21H31N/c1-3-13-20(2)17-19-22-18-12-7-5-4-6-9-14-21-15-10-8-11-16-21/h3,8,10-11,13,15-17,19H,4-7,9,12,14,18H2,1-2H3/b13-3-,20-17-,22-19?. The van der Waals surface area contributed by atoms with Crippen molar-refractivity contribution in [3.05, 3.63) is 59.7 Å². The molecule has 1 aromatic rings. The highest BCUT2D eigenvalue weighted by molar-refractivity contribution is 5.72. The van der Waals surface area contributed by atoms with Gasteiger partial charge >= 0.3 is 0 Å². The first kappa shape index (κ1) is 18.4. The highest BCUT2D eigenvalue weighted by Crippen LogP contribution is 2.09. The average molecular weight is 297 g/mol. The van der Waals surface area contributed by atoms with Crippen molar-refractivity contribution in [2.45, 2.75) is 58.8 Å². The number of nitrogens with zero attached hydrogens (tertiary/aromatic N) is 1. The Labute approximate surface area is 136 Å². The number of hydrogen-bond donors (Lipinski definition) is 0. The number of hydrogen-bond acceptors (Lipinski definition) is 1. The molecule has 1 aromatic carbocycles. The maximum absolute atomic E-state index is 4.43. The van der Waals surface area contributed by atoms with Gasteiger partial charge in [0.25, 0.3) is 0 Å². The fraction of sp³-hybridized carbons (Fsp3) is 0.476. The van der Waals surface area contributed by atoms with Crippen LogP contribution < -0.4 is 0 Å². The SMILES string of the molecule is C/C=C\C(C)=C/C=NCCCCCCCCc1ccccc1. The van der Waals surface area contributed by atoms with Gasteiger partial charge in [-0.15, -0.1) is 0 Å². The molecule has 0 aliphatic rings. The molecule has 0 fully saturated rings. The summed E-state index contributed by atoms with van der Waals surface area (Å²) in [6.45, 7) is 5.10. The van der Waals surface area contributed by atoms with Crippen LogP contribution in [-0.2, 0) is 6.42 Å². The number of aliphatic imine (C=N–C) groups is 1. The van der Waals surface area contributed by atoms with Crippen LogP contribution in [0.5, 0.6) is 0 Å². The third-order valence-electron chi connectivity index (χ3n) is 3.72. The van der Waals surface area contributed by atoms with Gasteiger partial charge in [-0.3, -0.25) is 4.99 Å². The Morgan fingerprint density at radius 2 is 1.64 bits per heavy atom. The molecule has 0 saturated heterocycles. The first-order chi connectivity index (χ1) is 10.8. The molecule has 0 atom stereocenters. The molecule has 0 N–H and O–H groups in total. The average Bonchev–Trinajstić information content (AvgIpc) is 2.54. The summed E-state index contributed by atoms with van der Waals surface area (Å²) in [5.74, 6) is 0. The van der Waals surface area contributed by atoms with Crippen molar-refractivity contribution in [3.8, 4) is 0 Å². The van der Waals surface area contributed by atoms with Crippen LogP contribution in [-0.4, -0.2) is 12.8 Å². The van der Waals surface area contributed by atoms with E-state index in [1.54, 1.807) is 0 Å². The van der Waals surface area contributed by atoms with Gasteiger partial charge in [-0.1, -0.05) is 68.2 Å². The molecular formula is C21H31N. The number of allylic oxidation sites excluding steroid dienone is 4. The Hall–Kier alpha value is -1.63. The summed E-state index contributed by atoms with van der Waals surface area (Å²) < 4.78 is 0. The van der Waals surface area contributed by atoms with Gasteiger partial charge in [0, 0.05) is 12.8 Å². The number of aryl methyl sites for hydroxylation is 1. The van der Waals surface area contributed by atoms with E-state index in [9.17, 15) is 0 Å². The van der Waals surface area contributed by atoms with Crippen LogP contribution in [0.25, 0.3) is 0 Å². The van der Waals surface area contributed by atoms with Crippen molar-refractivity contribution in [1.29, 1.82) is 0 Å². The van der Waals surface area contributed by atoms with Gasteiger partial charge in [-0.25, -0.2) is 0 Å². The molecule has 0 aliphatic heterocycles. The molecule has 1 rings (SSSR count). The minimum absolute atomic E-state index is 0.962. The Bertz CT molecular complexity index is 454. The molecule has 0 heterocycles. The van der Waals surface area contributed by atoms with Crippen molar-refractivity contribution >= 4 is 6.21 Å². The van der Waals surface area contributed by atoms with Gasteiger partial charge in [0.05, 0.1) is 0 Å². The summed E-state index contributed by atoms with van der Waals surface area (Å²) in [6.07, 6.45) is 17.3. The lowest BCUT2D eigenvalue weighted by Gasteiger charge is -2.02. The fourth-order valence-corrected chi connectivity index (χ4v) is 2.45. The van der Waals surface area contributed by atoms with Crippen molar-refractivity contribution in [1.82, 2.24) is 0 Å². The summed E-state index contributed by atoms with van der Waals surface area (Å²) in [6, 6.07) is 10.8. The Kier molecular flexibility index (Phi) is 10.9. The van der Waals surface area contributed by atoms with E-state index >= 15 is 0 Å². The molecule has 0 aromatic heterocycles. The van der Waals surface area contributed by atoms with Gasteiger partial charge in [0.1, 0.15) is 0 Å². The minimum Gasteiger partial charge on any atom is -0.293 e. The van der Waals surface area contributed by atoms with Gasteiger partial charge in [-0.05, 0) is 50.3 Å². The zero-order valence-corrected chi connectivity index (χ0v) is 14.3. The highest BCUT2D eigenvalue weighted by atomic mass is 14.7. The molecule has 0 amide bonds. The molecule has 0 unspecified atom stereocenters. The van der Waals surface area contributed by atoms with E-state index in [1.165, 1.54) is 56.1 Å². The molecule has 0 saturated carbocycles. The first-order valence-electron chi connectivity index (χ1n) is 8.66. The van der Waals surface area contributed by atoms with E-state index in [-0.39, 0.29) is 0 Å². The lowest BCUT2D eigenvalue weighted by Crippen LogP contribution is -1.87. The van der Waals surface area contributed by atoms with Crippen LogP contribution in [0.1, 0.15) is 57.9 Å². The molecule has 0 aliphatic carbocycles. The first-order valence-corrected chi connectivity index (χ1v) is 8.66. The Balaban J connectivity index is 1.91. The summed E-state index contributed by atoms with van der Waals surface area (Å²) in [5.41, 5.74) is 2.72. The van der Waals surface area contributed by atoms with Crippen LogP contribution in [0.15, 0.2) is 59.1 Å². The molecule has 0 spiro atoms. The third kappa shape index (κ3) is 10.1. The molecule has 0 radical (unpaired) electrons. The van der Waals surface area contributed by atoms with Crippen LogP contribution in [0, 0.1) is 0 Å². The van der Waals surface area contributed by atoms with Gasteiger partial charge in [-0.2, -0.15) is 0 Å². The number of rotatable bonds is 11. The van der Waals surface area contributed by atoms with Crippen LogP contribution in [0.2, 0.25) is 0 Å². The van der Waals surface area contributed by atoms with Crippen molar-refractivity contribution in [3.63, 3.8) is 0 Å². The summed E-state index contributed by atoms with van der Waals surface area (Å²) in [5, 5.41) is 0.